The summed E-state index contributed by atoms with van der Waals surface area (Å²) in [4.78, 5) is 11.9. The molecule has 0 amide bonds. The van der Waals surface area contributed by atoms with E-state index in [1.807, 2.05) is 0 Å². The third-order valence-corrected chi connectivity index (χ3v) is 3.04. The van der Waals surface area contributed by atoms with Gasteiger partial charge in [0, 0.05) is 0 Å². The molecule has 1 aromatic carbocycles. The Morgan fingerprint density at radius 1 is 1.36 bits per heavy atom. The van der Waals surface area contributed by atoms with Crippen LogP contribution in [0, 0.1) is 11.2 Å². The lowest BCUT2D eigenvalue weighted by Gasteiger charge is -2.23. The van der Waals surface area contributed by atoms with E-state index in [1.165, 1.54) is 6.07 Å². The van der Waals surface area contributed by atoms with Crippen molar-refractivity contribution in [1.82, 2.24) is 0 Å². The van der Waals surface area contributed by atoms with Gasteiger partial charge < -0.3 is 4.74 Å². The summed E-state index contributed by atoms with van der Waals surface area (Å²) < 4.78 is 18.5. The highest BCUT2D eigenvalue weighted by atomic mass is 19.1. The molecule has 1 saturated carbocycles. The van der Waals surface area contributed by atoms with Crippen LogP contribution in [0.5, 0.6) is 5.75 Å². The van der Waals surface area contributed by atoms with E-state index in [0.29, 0.717) is 12.2 Å². The molecule has 2 aliphatic rings. The van der Waals surface area contributed by atoms with Crippen LogP contribution in [0.15, 0.2) is 18.2 Å². The minimum atomic E-state index is -0.439. The van der Waals surface area contributed by atoms with Gasteiger partial charge in [0.05, 0.1) is 11.0 Å². The zero-order chi connectivity index (χ0) is 9.76. The molecule has 1 aromatic rings. The van der Waals surface area contributed by atoms with Crippen LogP contribution in [0.2, 0.25) is 0 Å². The van der Waals surface area contributed by atoms with Crippen LogP contribution in [-0.4, -0.2) is 12.4 Å². The average Bonchev–Trinajstić information content (AvgIpc) is 2.94. The molecular formula is C11H9FO2. The van der Waals surface area contributed by atoms with Gasteiger partial charge in [-0.15, -0.1) is 0 Å². The summed E-state index contributed by atoms with van der Waals surface area (Å²) in [6, 6.07) is 4.51. The van der Waals surface area contributed by atoms with Gasteiger partial charge in [0.25, 0.3) is 0 Å². The SMILES string of the molecule is O=C1c2cccc(F)c2OCC12CC2. The standard InChI is InChI=1S/C11H9FO2/c12-8-3-1-2-7-9(8)14-6-11(4-5-11)10(7)13/h1-3H,4-6H2. The number of rotatable bonds is 0. The maximum atomic E-state index is 13.2. The first kappa shape index (κ1) is 7.97. The second-order valence-electron chi connectivity index (χ2n) is 4.01. The number of fused-ring (bicyclic) bond motifs is 1. The zero-order valence-electron chi connectivity index (χ0n) is 7.55. The van der Waals surface area contributed by atoms with Crippen LogP contribution in [-0.2, 0) is 0 Å². The number of carbonyl (C=O) groups excluding carboxylic acids is 1. The van der Waals surface area contributed by atoms with Gasteiger partial charge in [0.2, 0.25) is 0 Å². The number of halogens is 1. The third kappa shape index (κ3) is 0.870. The number of ketones is 1. The minimum Gasteiger partial charge on any atom is -0.489 e. The van der Waals surface area contributed by atoms with Crippen LogP contribution >= 0.6 is 0 Å². The maximum absolute atomic E-state index is 13.2. The fraction of sp³-hybridized carbons (Fsp3) is 0.364. The molecule has 14 heavy (non-hydrogen) atoms. The number of ether oxygens (including phenoxy) is 1. The topological polar surface area (TPSA) is 26.3 Å². The van der Waals surface area contributed by atoms with E-state index in [4.69, 9.17) is 4.74 Å². The molecule has 1 aliphatic carbocycles. The van der Waals surface area contributed by atoms with Crippen molar-refractivity contribution in [3.05, 3.63) is 29.6 Å². The average molecular weight is 192 g/mol. The van der Waals surface area contributed by atoms with Crippen LogP contribution in [0.1, 0.15) is 23.2 Å². The van der Waals surface area contributed by atoms with Crippen molar-refractivity contribution in [3.63, 3.8) is 0 Å². The fourth-order valence-electron chi connectivity index (χ4n) is 1.92. The van der Waals surface area contributed by atoms with E-state index in [0.717, 1.165) is 12.8 Å². The number of benzene rings is 1. The monoisotopic (exact) mass is 192 g/mol. The molecule has 3 rings (SSSR count). The highest BCUT2D eigenvalue weighted by Crippen LogP contribution is 2.52. The normalized spacial score (nSPS) is 21.6. The lowest BCUT2D eigenvalue weighted by atomic mass is 9.92. The van der Waals surface area contributed by atoms with Crippen molar-refractivity contribution in [2.24, 2.45) is 5.41 Å². The van der Waals surface area contributed by atoms with Crippen molar-refractivity contribution in [1.29, 1.82) is 0 Å². The predicted molar refractivity (Wildman–Crippen MR) is 47.9 cm³/mol. The Labute approximate surface area is 80.7 Å². The predicted octanol–water partition coefficient (Wildman–Crippen LogP) is 2.18. The Kier molecular flexibility index (Phi) is 1.34. The largest absolute Gasteiger partial charge is 0.489 e. The number of para-hydroxylation sites is 1. The molecule has 0 bridgehead atoms. The molecule has 0 atom stereocenters. The lowest BCUT2D eigenvalue weighted by Crippen LogP contribution is -2.29. The summed E-state index contributed by atoms with van der Waals surface area (Å²) in [6.45, 7) is 0.347. The highest BCUT2D eigenvalue weighted by Gasteiger charge is 2.53. The molecule has 1 heterocycles. The first-order valence-electron chi connectivity index (χ1n) is 4.69. The number of Topliss-reactive ketones (excluding diaryl/α,β-unsaturated/α-hetero) is 1. The molecular weight excluding hydrogens is 183 g/mol. The van der Waals surface area contributed by atoms with Crippen molar-refractivity contribution in [3.8, 4) is 5.75 Å². The summed E-state index contributed by atoms with van der Waals surface area (Å²) in [5, 5.41) is 0. The molecule has 3 heteroatoms. The highest BCUT2D eigenvalue weighted by molar-refractivity contribution is 6.05. The second kappa shape index (κ2) is 2.35. The van der Waals surface area contributed by atoms with Crippen LogP contribution in [0.25, 0.3) is 0 Å². The molecule has 2 nitrogen and oxygen atoms in total. The lowest BCUT2D eigenvalue weighted by molar-refractivity contribution is 0.0791. The first-order valence-corrected chi connectivity index (χ1v) is 4.69. The number of carbonyl (C=O) groups is 1. The second-order valence-corrected chi connectivity index (χ2v) is 4.01. The molecule has 0 unspecified atom stereocenters. The van der Waals surface area contributed by atoms with Gasteiger partial charge in [-0.2, -0.15) is 0 Å². The van der Waals surface area contributed by atoms with Crippen molar-refractivity contribution < 1.29 is 13.9 Å². The van der Waals surface area contributed by atoms with E-state index in [2.05, 4.69) is 0 Å². The van der Waals surface area contributed by atoms with Crippen LogP contribution in [0.4, 0.5) is 4.39 Å². The summed E-state index contributed by atoms with van der Waals surface area (Å²) in [5.41, 5.74) is 0.106. The van der Waals surface area contributed by atoms with Crippen molar-refractivity contribution in [2.75, 3.05) is 6.61 Å². The molecule has 0 radical (unpaired) electrons. The van der Waals surface area contributed by atoms with E-state index >= 15 is 0 Å². The Morgan fingerprint density at radius 2 is 2.14 bits per heavy atom. The van der Waals surface area contributed by atoms with E-state index in [1.54, 1.807) is 12.1 Å². The van der Waals surface area contributed by atoms with Gasteiger partial charge >= 0.3 is 0 Å². The van der Waals surface area contributed by atoms with Crippen LogP contribution in [0.3, 0.4) is 0 Å². The number of hydrogen-bond acceptors (Lipinski definition) is 2. The van der Waals surface area contributed by atoms with E-state index in [9.17, 15) is 9.18 Å². The summed E-state index contributed by atoms with van der Waals surface area (Å²) in [6.07, 6.45) is 1.75. The zero-order valence-corrected chi connectivity index (χ0v) is 7.55. The molecule has 1 spiro atoms. The van der Waals surface area contributed by atoms with Gasteiger partial charge in [0.1, 0.15) is 6.61 Å². The third-order valence-electron chi connectivity index (χ3n) is 3.04. The van der Waals surface area contributed by atoms with Crippen LogP contribution < -0.4 is 4.74 Å². The summed E-state index contributed by atoms with van der Waals surface area (Å²) in [5.74, 6) is -0.250. The number of hydrogen-bond donors (Lipinski definition) is 0. The fourth-order valence-corrected chi connectivity index (χ4v) is 1.92. The Hall–Kier alpha value is -1.38. The summed E-state index contributed by atoms with van der Waals surface area (Å²) in [7, 11) is 0. The van der Waals surface area contributed by atoms with Gasteiger partial charge in [-0.25, -0.2) is 4.39 Å². The molecule has 0 N–H and O–H groups in total. The molecule has 0 saturated heterocycles. The Morgan fingerprint density at radius 3 is 2.86 bits per heavy atom. The van der Waals surface area contributed by atoms with Gasteiger partial charge in [-0.3, -0.25) is 4.79 Å². The summed E-state index contributed by atoms with van der Waals surface area (Å²) >= 11 is 0. The van der Waals surface area contributed by atoms with Crippen molar-refractivity contribution >= 4 is 5.78 Å². The Balaban J connectivity index is 2.16. The van der Waals surface area contributed by atoms with Gasteiger partial charge in [-0.1, -0.05) is 6.07 Å². The smallest absolute Gasteiger partial charge is 0.176 e. The molecule has 1 aliphatic heterocycles. The van der Waals surface area contributed by atoms with E-state index in [-0.39, 0.29) is 16.9 Å². The maximum Gasteiger partial charge on any atom is 0.176 e. The first-order chi connectivity index (χ1) is 6.73. The minimum absolute atomic E-state index is 0.0539. The van der Waals surface area contributed by atoms with Gasteiger partial charge in [-0.05, 0) is 25.0 Å². The molecule has 1 fully saturated rings. The van der Waals surface area contributed by atoms with E-state index < -0.39 is 5.82 Å². The molecule has 72 valence electrons. The van der Waals surface area contributed by atoms with Gasteiger partial charge in [0.15, 0.2) is 17.3 Å². The Bertz CT molecular complexity index is 421. The molecule has 0 aromatic heterocycles. The quantitative estimate of drug-likeness (QED) is 0.629. The van der Waals surface area contributed by atoms with Crippen molar-refractivity contribution in [2.45, 2.75) is 12.8 Å².